The highest BCUT2D eigenvalue weighted by atomic mass is 32.1. The molecule has 39 heavy (non-hydrogen) atoms. The number of thiocarbonyl (C=S) groups is 1. The molecule has 1 amide bonds. The van der Waals surface area contributed by atoms with Gasteiger partial charge in [0.2, 0.25) is 5.91 Å². The lowest BCUT2D eigenvalue weighted by molar-refractivity contribution is -0.119. The molecule has 3 heterocycles. The van der Waals surface area contributed by atoms with Gasteiger partial charge < -0.3 is 29.8 Å². The van der Waals surface area contributed by atoms with Gasteiger partial charge in [0.15, 0.2) is 5.11 Å². The highest BCUT2D eigenvalue weighted by Gasteiger charge is 2.42. The average Bonchev–Trinajstić information content (AvgIpc) is 3.55. The summed E-state index contributed by atoms with van der Waals surface area (Å²) in [5, 5.41) is 16.0. The van der Waals surface area contributed by atoms with Gasteiger partial charge in [-0.25, -0.2) is 4.79 Å². The monoisotopic (exact) mass is 542 g/mol. The minimum atomic E-state index is -0.986. The third kappa shape index (κ3) is 5.38. The maximum atomic E-state index is 12.0. The average molecular weight is 543 g/mol. The van der Waals surface area contributed by atoms with E-state index in [9.17, 15) is 14.7 Å². The number of hydrogen-bond donors (Lipinski definition) is 3. The number of nitrogens with zero attached hydrogens (tertiary/aromatic N) is 2. The molecule has 3 N–H and O–H groups in total. The summed E-state index contributed by atoms with van der Waals surface area (Å²) >= 11 is 5.80. The second kappa shape index (κ2) is 11.1. The van der Waals surface area contributed by atoms with Crippen molar-refractivity contribution < 1.29 is 23.8 Å². The lowest BCUT2D eigenvalue weighted by Gasteiger charge is -2.26. The molecule has 0 spiro atoms. The van der Waals surface area contributed by atoms with E-state index in [1.54, 1.807) is 30.5 Å². The van der Waals surface area contributed by atoms with Crippen LogP contribution >= 0.6 is 12.2 Å². The van der Waals surface area contributed by atoms with Crippen molar-refractivity contribution in [3.63, 3.8) is 0 Å². The minimum Gasteiger partial charge on any atom is -0.478 e. The number of rotatable bonds is 8. The molecule has 0 unspecified atom stereocenters. The zero-order valence-corrected chi connectivity index (χ0v) is 22.1. The molecule has 198 valence electrons. The Labute approximate surface area is 230 Å². The number of methoxy groups -OCH3 is 1. The van der Waals surface area contributed by atoms with Crippen LogP contribution in [0.1, 0.15) is 39.5 Å². The second-order valence-electron chi connectivity index (χ2n) is 9.06. The number of aromatic carboxylic acids is 1. The molecular weight excluding hydrogens is 516 g/mol. The predicted molar refractivity (Wildman–Crippen MR) is 151 cm³/mol. The number of carbonyl (C=O) groups excluding carboxylic acids is 1. The first-order valence-corrected chi connectivity index (χ1v) is 12.6. The number of carboxylic acids is 1. The summed E-state index contributed by atoms with van der Waals surface area (Å²) < 4.78 is 11.3. The second-order valence-corrected chi connectivity index (χ2v) is 9.45. The number of furan rings is 1. The molecule has 4 aromatic rings. The van der Waals surface area contributed by atoms with Crippen molar-refractivity contribution in [1.29, 1.82) is 0 Å². The van der Waals surface area contributed by atoms with Crippen molar-refractivity contribution in [2.45, 2.75) is 19.0 Å². The molecule has 0 saturated carbocycles. The van der Waals surface area contributed by atoms with E-state index in [-0.39, 0.29) is 30.2 Å². The van der Waals surface area contributed by atoms with Crippen molar-refractivity contribution in [2.24, 2.45) is 0 Å². The van der Waals surface area contributed by atoms with E-state index >= 15 is 0 Å². The molecule has 1 saturated heterocycles. The van der Waals surface area contributed by atoms with Crippen molar-refractivity contribution in [3.05, 3.63) is 102 Å². The predicted octanol–water partition coefficient (Wildman–Crippen LogP) is 5.11. The zero-order valence-electron chi connectivity index (χ0n) is 21.3. The number of anilines is 2. The fourth-order valence-corrected chi connectivity index (χ4v) is 4.97. The first-order chi connectivity index (χ1) is 18.9. The van der Waals surface area contributed by atoms with E-state index in [2.05, 4.69) is 15.6 Å². The fraction of sp³-hybridized carbons (Fsp3) is 0.172. The molecule has 2 aromatic carbocycles. The van der Waals surface area contributed by atoms with E-state index in [1.165, 1.54) is 7.11 Å². The van der Waals surface area contributed by atoms with Gasteiger partial charge in [-0.3, -0.25) is 9.78 Å². The van der Waals surface area contributed by atoms with E-state index in [0.29, 0.717) is 22.3 Å². The molecule has 1 aliphatic heterocycles. The Morgan fingerprint density at radius 1 is 1.13 bits per heavy atom. The van der Waals surface area contributed by atoms with Gasteiger partial charge in [-0.05, 0) is 79.3 Å². The SMILES string of the molecule is COCC(=O)Nc1ccc(N2C(=S)N[C@@H](c3ccccn3)[C@@H]2c2ccc(-c3ccc(C(=O)O)cc3)o2)cc1C. The number of carboxylic acid groups (broad SMARTS) is 1. The highest BCUT2D eigenvalue weighted by Crippen LogP contribution is 2.43. The Bertz CT molecular complexity index is 1520. The van der Waals surface area contributed by atoms with Crippen LogP contribution in [0.2, 0.25) is 0 Å². The zero-order chi connectivity index (χ0) is 27.5. The number of hydrogen-bond acceptors (Lipinski definition) is 6. The largest absolute Gasteiger partial charge is 0.478 e. The summed E-state index contributed by atoms with van der Waals surface area (Å²) in [6.07, 6.45) is 1.74. The van der Waals surface area contributed by atoms with Crippen LogP contribution in [0.5, 0.6) is 0 Å². The topological polar surface area (TPSA) is 117 Å². The number of benzene rings is 2. The summed E-state index contributed by atoms with van der Waals surface area (Å²) in [7, 11) is 1.47. The Kier molecular flexibility index (Phi) is 7.40. The first-order valence-electron chi connectivity index (χ1n) is 12.2. The fourth-order valence-electron chi connectivity index (χ4n) is 4.62. The molecule has 1 aliphatic rings. The lowest BCUT2D eigenvalue weighted by Crippen LogP contribution is -2.29. The maximum absolute atomic E-state index is 12.0. The van der Waals surface area contributed by atoms with Crippen LogP contribution in [-0.2, 0) is 9.53 Å². The third-order valence-electron chi connectivity index (χ3n) is 6.47. The normalized spacial score (nSPS) is 16.7. The van der Waals surface area contributed by atoms with E-state index in [0.717, 1.165) is 22.5 Å². The van der Waals surface area contributed by atoms with Crippen molar-refractivity contribution >= 4 is 40.6 Å². The number of aromatic nitrogens is 1. The van der Waals surface area contributed by atoms with Crippen LogP contribution in [-0.4, -0.2) is 40.8 Å². The van der Waals surface area contributed by atoms with Gasteiger partial charge in [0.25, 0.3) is 0 Å². The maximum Gasteiger partial charge on any atom is 0.335 e. The van der Waals surface area contributed by atoms with Crippen LogP contribution in [0.4, 0.5) is 11.4 Å². The third-order valence-corrected chi connectivity index (χ3v) is 6.78. The Morgan fingerprint density at radius 2 is 1.92 bits per heavy atom. The van der Waals surface area contributed by atoms with Crippen LogP contribution in [0.15, 0.2) is 83.4 Å². The minimum absolute atomic E-state index is 0.0327. The van der Waals surface area contributed by atoms with Gasteiger partial charge in [-0.1, -0.05) is 18.2 Å². The molecule has 9 nitrogen and oxygen atoms in total. The molecule has 0 bridgehead atoms. The molecule has 10 heteroatoms. The Morgan fingerprint density at radius 3 is 2.59 bits per heavy atom. The van der Waals surface area contributed by atoms with Crippen molar-refractivity contribution in [1.82, 2.24) is 10.3 Å². The standard InChI is InChI=1S/C29H26N4O5S/c1-17-15-20(10-11-21(17)31-25(34)16-37-2)33-27(26(32-29(33)39)22-5-3-4-14-30-22)24-13-12-23(38-24)18-6-8-19(9-7-18)28(35)36/h3-15,26-27H,16H2,1-2H3,(H,31,34)(H,32,39)(H,35,36)/t26-,27-/m0/s1. The van der Waals surface area contributed by atoms with Gasteiger partial charge in [0.1, 0.15) is 24.2 Å². The number of pyridine rings is 1. The summed E-state index contributed by atoms with van der Waals surface area (Å²) in [6, 6.07) is 21.0. The quantitative estimate of drug-likeness (QED) is 0.261. The number of amides is 1. The van der Waals surface area contributed by atoms with E-state index in [4.69, 9.17) is 21.4 Å². The lowest BCUT2D eigenvalue weighted by atomic mass is 10.0. The summed E-state index contributed by atoms with van der Waals surface area (Å²) in [6.45, 7) is 1.88. The molecule has 2 aromatic heterocycles. The van der Waals surface area contributed by atoms with Crippen LogP contribution in [0, 0.1) is 6.92 Å². The molecular formula is C29H26N4O5S. The van der Waals surface area contributed by atoms with Crippen LogP contribution in [0.3, 0.4) is 0 Å². The van der Waals surface area contributed by atoms with E-state index < -0.39 is 5.97 Å². The van der Waals surface area contributed by atoms with E-state index in [1.807, 2.05) is 60.4 Å². The Hall–Kier alpha value is -4.54. The van der Waals surface area contributed by atoms with Gasteiger partial charge in [0.05, 0.1) is 17.3 Å². The number of ether oxygens (including phenoxy) is 1. The van der Waals surface area contributed by atoms with Crippen molar-refractivity contribution in [2.75, 3.05) is 23.9 Å². The molecule has 0 aliphatic carbocycles. The van der Waals surface area contributed by atoms with Crippen molar-refractivity contribution in [3.8, 4) is 11.3 Å². The summed E-state index contributed by atoms with van der Waals surface area (Å²) in [5.74, 6) is 0.0391. The molecule has 1 fully saturated rings. The smallest absolute Gasteiger partial charge is 0.335 e. The molecule has 5 rings (SSSR count). The first kappa shape index (κ1) is 26.1. The van der Waals surface area contributed by atoms with Crippen LogP contribution in [0.25, 0.3) is 11.3 Å². The highest BCUT2D eigenvalue weighted by molar-refractivity contribution is 7.80. The van der Waals surface area contributed by atoms with Crippen LogP contribution < -0.4 is 15.5 Å². The summed E-state index contributed by atoms with van der Waals surface area (Å²) in [4.78, 5) is 29.8. The van der Waals surface area contributed by atoms with Gasteiger partial charge in [-0.2, -0.15) is 0 Å². The Balaban J connectivity index is 1.52. The van der Waals surface area contributed by atoms with Gasteiger partial charge in [-0.15, -0.1) is 0 Å². The van der Waals surface area contributed by atoms with Gasteiger partial charge in [0, 0.05) is 30.2 Å². The number of nitrogens with one attached hydrogen (secondary N) is 2. The molecule has 2 atom stereocenters. The number of aryl methyl sites for hydroxylation is 1. The summed E-state index contributed by atoms with van der Waals surface area (Å²) in [5.41, 5.74) is 4.13. The number of carbonyl (C=O) groups is 2. The molecule has 0 radical (unpaired) electrons. The van der Waals surface area contributed by atoms with Gasteiger partial charge >= 0.3 is 5.97 Å².